The van der Waals surface area contributed by atoms with Gasteiger partial charge in [0.2, 0.25) is 10.0 Å². The lowest BCUT2D eigenvalue weighted by Gasteiger charge is -2.19. The maximum absolute atomic E-state index is 11.7. The van der Waals surface area contributed by atoms with Crippen LogP contribution in [-0.2, 0) is 16.4 Å². The van der Waals surface area contributed by atoms with E-state index in [1.54, 1.807) is 24.5 Å². The molecule has 0 amide bonds. The molecule has 28 heavy (non-hydrogen) atoms. The van der Waals surface area contributed by atoms with E-state index in [0.29, 0.717) is 11.6 Å². The van der Waals surface area contributed by atoms with E-state index in [4.69, 9.17) is 5.14 Å². The third-order valence-corrected chi connectivity index (χ3v) is 5.31. The van der Waals surface area contributed by atoms with Crippen LogP contribution in [0.5, 0.6) is 0 Å². The van der Waals surface area contributed by atoms with Gasteiger partial charge in [-0.3, -0.25) is 4.98 Å². The number of anilines is 1. The Bertz CT molecular complexity index is 1060. The van der Waals surface area contributed by atoms with Crippen LogP contribution < -0.4 is 10.5 Å². The van der Waals surface area contributed by atoms with Crippen molar-refractivity contribution in [3.8, 4) is 11.4 Å². The maximum atomic E-state index is 11.7. The zero-order valence-corrected chi connectivity index (χ0v) is 16.6. The van der Waals surface area contributed by atoms with Gasteiger partial charge >= 0.3 is 0 Å². The van der Waals surface area contributed by atoms with Crippen molar-refractivity contribution >= 4 is 15.8 Å². The third kappa shape index (κ3) is 4.71. The minimum Gasteiger partial charge on any atom is -0.363 e. The molecule has 0 aliphatic carbocycles. The van der Waals surface area contributed by atoms with Gasteiger partial charge in [0, 0.05) is 29.7 Å². The molecule has 0 bridgehead atoms. The second kappa shape index (κ2) is 8.45. The summed E-state index contributed by atoms with van der Waals surface area (Å²) in [5.41, 5.74) is 2.63. The third-order valence-electron chi connectivity index (χ3n) is 4.40. The van der Waals surface area contributed by atoms with Crippen LogP contribution in [0.1, 0.15) is 37.6 Å². The van der Waals surface area contributed by atoms with Crippen LogP contribution in [0, 0.1) is 0 Å². The Morgan fingerprint density at radius 3 is 2.46 bits per heavy atom. The molecule has 0 aliphatic rings. The number of sulfonamides is 1. The number of hydrogen-bond donors (Lipinski definition) is 2. The molecular weight excluding hydrogens is 374 g/mol. The van der Waals surface area contributed by atoms with Gasteiger partial charge in [0.05, 0.1) is 10.9 Å². The highest BCUT2D eigenvalue weighted by Gasteiger charge is 2.15. The predicted octanol–water partition coefficient (Wildman–Crippen LogP) is 3.31. The quantitative estimate of drug-likeness (QED) is 0.633. The lowest BCUT2D eigenvalue weighted by Crippen LogP contribution is -2.15. The van der Waals surface area contributed by atoms with Crippen molar-refractivity contribution in [2.75, 3.05) is 5.32 Å². The number of primary sulfonamides is 1. The highest BCUT2D eigenvalue weighted by atomic mass is 32.2. The molecule has 3 aromatic rings. The minimum absolute atomic E-state index is 0.0969. The summed E-state index contributed by atoms with van der Waals surface area (Å²) in [5, 5.41) is 8.67. The van der Waals surface area contributed by atoms with Gasteiger partial charge in [-0.25, -0.2) is 23.5 Å². The standard InChI is InChI=1S/C20H23N5O2S/c1-3-16-13-19(25-20(23-16)14-8-10-22-11-9-14)24-18(4-2)15-6-5-7-17(12-15)28(21,26)27/h5-13,18H,3-4H2,1-2H3,(H2,21,26,27)(H,23,24,25). The van der Waals surface area contributed by atoms with Gasteiger partial charge in [0.1, 0.15) is 5.82 Å². The molecular formula is C20H23N5O2S. The molecule has 2 heterocycles. The molecule has 0 saturated carbocycles. The van der Waals surface area contributed by atoms with E-state index in [9.17, 15) is 8.42 Å². The van der Waals surface area contributed by atoms with E-state index >= 15 is 0 Å². The van der Waals surface area contributed by atoms with Crippen molar-refractivity contribution in [3.63, 3.8) is 0 Å². The second-order valence-electron chi connectivity index (χ2n) is 6.38. The summed E-state index contributed by atoms with van der Waals surface area (Å²) in [5.74, 6) is 1.31. The fourth-order valence-electron chi connectivity index (χ4n) is 2.89. The van der Waals surface area contributed by atoms with E-state index in [1.165, 1.54) is 6.07 Å². The topological polar surface area (TPSA) is 111 Å². The van der Waals surface area contributed by atoms with E-state index in [1.807, 2.05) is 38.1 Å². The molecule has 1 unspecified atom stereocenters. The summed E-state index contributed by atoms with van der Waals surface area (Å²) >= 11 is 0. The summed E-state index contributed by atoms with van der Waals surface area (Å²) < 4.78 is 23.3. The summed E-state index contributed by atoms with van der Waals surface area (Å²) in [7, 11) is -3.75. The molecule has 1 aromatic carbocycles. The van der Waals surface area contributed by atoms with Crippen LogP contribution in [-0.4, -0.2) is 23.4 Å². The van der Waals surface area contributed by atoms with Crippen LogP contribution >= 0.6 is 0 Å². The summed E-state index contributed by atoms with van der Waals surface area (Å²) in [6.07, 6.45) is 4.92. The molecule has 7 nitrogen and oxygen atoms in total. The number of hydrogen-bond acceptors (Lipinski definition) is 6. The minimum atomic E-state index is -3.75. The average molecular weight is 398 g/mol. The molecule has 3 rings (SSSR count). The Labute approximate surface area is 165 Å². The first kappa shape index (κ1) is 19.9. The number of aryl methyl sites for hydroxylation is 1. The molecule has 0 aliphatic heterocycles. The van der Waals surface area contributed by atoms with Crippen molar-refractivity contribution in [2.24, 2.45) is 5.14 Å². The number of pyridine rings is 1. The fraction of sp³-hybridized carbons (Fsp3) is 0.250. The van der Waals surface area contributed by atoms with Crippen molar-refractivity contribution in [2.45, 2.75) is 37.6 Å². The highest BCUT2D eigenvalue weighted by Crippen LogP contribution is 2.25. The van der Waals surface area contributed by atoms with E-state index in [-0.39, 0.29) is 10.9 Å². The number of nitrogens with two attached hydrogens (primary N) is 1. The highest BCUT2D eigenvalue weighted by molar-refractivity contribution is 7.89. The molecule has 0 radical (unpaired) electrons. The number of rotatable bonds is 7. The maximum Gasteiger partial charge on any atom is 0.238 e. The molecule has 0 saturated heterocycles. The summed E-state index contributed by atoms with van der Waals surface area (Å²) in [6, 6.07) is 12.2. The second-order valence-corrected chi connectivity index (χ2v) is 7.94. The van der Waals surface area contributed by atoms with Crippen molar-refractivity contribution in [3.05, 3.63) is 66.1 Å². The molecule has 146 valence electrons. The normalized spacial score (nSPS) is 12.5. The summed E-state index contributed by atoms with van der Waals surface area (Å²) in [6.45, 7) is 4.06. The monoisotopic (exact) mass is 397 g/mol. The van der Waals surface area contributed by atoms with Gasteiger partial charge in [-0.2, -0.15) is 0 Å². The largest absolute Gasteiger partial charge is 0.363 e. The van der Waals surface area contributed by atoms with Crippen molar-refractivity contribution in [1.82, 2.24) is 15.0 Å². The van der Waals surface area contributed by atoms with Crippen LogP contribution in [0.3, 0.4) is 0 Å². The number of nitrogens with one attached hydrogen (secondary N) is 1. The lowest BCUT2D eigenvalue weighted by atomic mass is 10.0. The van der Waals surface area contributed by atoms with Crippen LogP contribution in [0.4, 0.5) is 5.82 Å². The van der Waals surface area contributed by atoms with E-state index < -0.39 is 10.0 Å². The number of aromatic nitrogens is 3. The van der Waals surface area contributed by atoms with Gasteiger partial charge in [-0.1, -0.05) is 26.0 Å². The van der Waals surface area contributed by atoms with Crippen molar-refractivity contribution in [1.29, 1.82) is 0 Å². The first-order chi connectivity index (χ1) is 13.4. The van der Waals surface area contributed by atoms with Gasteiger partial charge in [0.15, 0.2) is 5.82 Å². The van der Waals surface area contributed by atoms with Crippen LogP contribution in [0.15, 0.2) is 59.8 Å². The molecule has 1 atom stereocenters. The average Bonchev–Trinajstić information content (AvgIpc) is 2.72. The fourth-order valence-corrected chi connectivity index (χ4v) is 3.46. The van der Waals surface area contributed by atoms with Crippen LogP contribution in [0.25, 0.3) is 11.4 Å². The van der Waals surface area contributed by atoms with Gasteiger partial charge in [-0.15, -0.1) is 0 Å². The molecule has 0 fully saturated rings. The zero-order chi connectivity index (χ0) is 20.1. The first-order valence-electron chi connectivity index (χ1n) is 9.08. The van der Waals surface area contributed by atoms with E-state index in [0.717, 1.165) is 29.7 Å². The predicted molar refractivity (Wildman–Crippen MR) is 109 cm³/mol. The number of benzene rings is 1. The molecule has 0 spiro atoms. The lowest BCUT2D eigenvalue weighted by molar-refractivity contribution is 0.597. The molecule has 2 aromatic heterocycles. The smallest absolute Gasteiger partial charge is 0.238 e. The van der Waals surface area contributed by atoms with Crippen LogP contribution in [0.2, 0.25) is 0 Å². The molecule has 3 N–H and O–H groups in total. The van der Waals surface area contributed by atoms with Crippen molar-refractivity contribution < 1.29 is 8.42 Å². The Morgan fingerprint density at radius 2 is 1.82 bits per heavy atom. The Morgan fingerprint density at radius 1 is 1.07 bits per heavy atom. The Balaban J connectivity index is 1.95. The summed E-state index contributed by atoms with van der Waals surface area (Å²) in [4.78, 5) is 13.4. The first-order valence-corrected chi connectivity index (χ1v) is 10.6. The Hall–Kier alpha value is -2.84. The van der Waals surface area contributed by atoms with Gasteiger partial charge in [0.25, 0.3) is 0 Å². The van der Waals surface area contributed by atoms with E-state index in [2.05, 4.69) is 20.3 Å². The zero-order valence-electron chi connectivity index (χ0n) is 15.8. The molecule has 8 heteroatoms. The SMILES string of the molecule is CCc1cc(NC(CC)c2cccc(S(N)(=O)=O)c2)nc(-c2ccncc2)n1. The van der Waals surface area contributed by atoms with Gasteiger partial charge in [-0.05, 0) is 42.7 Å². The van der Waals surface area contributed by atoms with Gasteiger partial charge < -0.3 is 5.32 Å². The number of nitrogens with zero attached hydrogens (tertiary/aromatic N) is 3. The Kier molecular flexibility index (Phi) is 6.01.